The standard InChI is InChI=1S/C14H8I6O/c15-9-3-1-7(11(17)13(9)19)5-21-6-8-2-4-10(16)14(20)12(8)18/h1-4H,5-6H2. The van der Waals surface area contributed by atoms with Crippen molar-refractivity contribution in [2.45, 2.75) is 13.2 Å². The van der Waals surface area contributed by atoms with Gasteiger partial charge in [-0.2, -0.15) is 0 Å². The number of ether oxygens (including phenoxy) is 1. The van der Waals surface area contributed by atoms with Crippen LogP contribution in [0, 0.1) is 21.4 Å². The number of halogens is 6. The van der Waals surface area contributed by atoms with E-state index in [0.29, 0.717) is 13.2 Å². The number of hydrogen-bond acceptors (Lipinski definition) is 1. The van der Waals surface area contributed by atoms with Gasteiger partial charge in [-0.05, 0) is 159 Å². The number of benzene rings is 2. The van der Waals surface area contributed by atoms with Crippen molar-refractivity contribution in [1.29, 1.82) is 0 Å². The minimum Gasteiger partial charge on any atom is -0.372 e. The predicted molar refractivity (Wildman–Crippen MR) is 138 cm³/mol. The number of rotatable bonds is 4. The SMILES string of the molecule is Ic1ccc(COCc2ccc(I)c(I)c2I)c(I)c1I. The lowest BCUT2D eigenvalue weighted by molar-refractivity contribution is 0.106. The summed E-state index contributed by atoms with van der Waals surface area (Å²) in [6.07, 6.45) is 0. The minimum atomic E-state index is 0.657. The molecular formula is C14H8I6O. The Bertz CT molecular complexity index is 613. The molecule has 112 valence electrons. The van der Waals surface area contributed by atoms with Gasteiger partial charge in [-0.3, -0.25) is 0 Å². The lowest BCUT2D eigenvalue weighted by Gasteiger charge is -2.11. The van der Waals surface area contributed by atoms with E-state index in [-0.39, 0.29) is 0 Å². The smallest absolute Gasteiger partial charge is 0.0732 e. The Labute approximate surface area is 206 Å². The maximum atomic E-state index is 5.94. The third kappa shape index (κ3) is 5.37. The van der Waals surface area contributed by atoms with Crippen LogP contribution >= 0.6 is 136 Å². The third-order valence-electron chi connectivity index (χ3n) is 2.75. The van der Waals surface area contributed by atoms with Crippen molar-refractivity contribution in [3.8, 4) is 0 Å². The zero-order chi connectivity index (χ0) is 15.6. The van der Waals surface area contributed by atoms with Crippen molar-refractivity contribution in [3.63, 3.8) is 0 Å². The molecular weight excluding hydrogens is 946 g/mol. The Kier molecular flexibility index (Phi) is 9.06. The zero-order valence-electron chi connectivity index (χ0n) is 10.4. The first-order valence-electron chi connectivity index (χ1n) is 5.74. The van der Waals surface area contributed by atoms with Gasteiger partial charge in [0.1, 0.15) is 0 Å². The van der Waals surface area contributed by atoms with Gasteiger partial charge >= 0.3 is 0 Å². The molecule has 0 aliphatic carbocycles. The van der Waals surface area contributed by atoms with Crippen LogP contribution in [0.1, 0.15) is 11.1 Å². The maximum absolute atomic E-state index is 5.94. The van der Waals surface area contributed by atoms with Crippen LogP contribution in [0.5, 0.6) is 0 Å². The molecule has 21 heavy (non-hydrogen) atoms. The van der Waals surface area contributed by atoms with E-state index in [4.69, 9.17) is 4.74 Å². The molecule has 0 aliphatic heterocycles. The van der Waals surface area contributed by atoms with Gasteiger partial charge in [0.15, 0.2) is 0 Å². The topological polar surface area (TPSA) is 9.23 Å². The largest absolute Gasteiger partial charge is 0.372 e. The average Bonchev–Trinajstić information content (AvgIpc) is 2.47. The molecule has 7 heteroatoms. The van der Waals surface area contributed by atoms with Crippen LogP contribution in [0.3, 0.4) is 0 Å². The summed E-state index contributed by atoms with van der Waals surface area (Å²) in [5.74, 6) is 0. The number of hydrogen-bond donors (Lipinski definition) is 0. The summed E-state index contributed by atoms with van der Waals surface area (Å²) in [6, 6.07) is 8.63. The van der Waals surface area contributed by atoms with E-state index in [1.54, 1.807) is 0 Å². The summed E-state index contributed by atoms with van der Waals surface area (Å²) < 4.78 is 13.7. The molecule has 1 nitrogen and oxygen atoms in total. The molecule has 2 aromatic carbocycles. The average molecular weight is 954 g/mol. The molecule has 0 fully saturated rings. The lowest BCUT2D eigenvalue weighted by Crippen LogP contribution is -2.01. The van der Waals surface area contributed by atoms with Gasteiger partial charge in [-0.1, -0.05) is 12.1 Å². The van der Waals surface area contributed by atoms with Gasteiger partial charge in [0.05, 0.1) is 13.2 Å². The summed E-state index contributed by atoms with van der Waals surface area (Å²) >= 11 is 14.3. The highest BCUT2D eigenvalue weighted by Crippen LogP contribution is 2.27. The fraction of sp³-hybridized carbons (Fsp3) is 0.143. The van der Waals surface area contributed by atoms with Crippen LogP contribution in [0.2, 0.25) is 0 Å². The second-order valence-electron chi connectivity index (χ2n) is 4.16. The maximum Gasteiger partial charge on any atom is 0.0732 e. The van der Waals surface area contributed by atoms with E-state index >= 15 is 0 Å². The van der Waals surface area contributed by atoms with Gasteiger partial charge in [0, 0.05) is 21.4 Å². The van der Waals surface area contributed by atoms with Crippen LogP contribution in [-0.2, 0) is 18.0 Å². The Morgan fingerprint density at radius 3 is 1.33 bits per heavy atom. The van der Waals surface area contributed by atoms with Crippen LogP contribution < -0.4 is 0 Å². The molecule has 0 spiro atoms. The van der Waals surface area contributed by atoms with E-state index in [1.807, 2.05) is 0 Å². The highest BCUT2D eigenvalue weighted by Gasteiger charge is 2.10. The predicted octanol–water partition coefficient (Wildman–Crippen LogP) is 7.03. The van der Waals surface area contributed by atoms with E-state index in [0.717, 1.165) is 0 Å². The second kappa shape index (κ2) is 9.47. The highest BCUT2D eigenvalue weighted by atomic mass is 127. The monoisotopic (exact) mass is 953 g/mol. The molecule has 0 aromatic heterocycles. The minimum absolute atomic E-state index is 0.657. The van der Waals surface area contributed by atoms with Crippen molar-refractivity contribution in [3.05, 3.63) is 56.8 Å². The molecule has 0 saturated heterocycles. The van der Waals surface area contributed by atoms with Crippen molar-refractivity contribution >= 4 is 136 Å². The summed E-state index contributed by atoms with van der Waals surface area (Å²) in [7, 11) is 0. The Morgan fingerprint density at radius 2 is 0.952 bits per heavy atom. The molecule has 0 saturated carbocycles. The molecule has 0 atom stereocenters. The summed E-state index contributed by atoms with van der Waals surface area (Å²) in [5.41, 5.74) is 2.52. The van der Waals surface area contributed by atoms with Gasteiger partial charge in [-0.25, -0.2) is 0 Å². The molecule has 2 rings (SSSR count). The van der Waals surface area contributed by atoms with Crippen molar-refractivity contribution in [1.82, 2.24) is 0 Å². The molecule has 2 aromatic rings. The van der Waals surface area contributed by atoms with Crippen LogP contribution in [-0.4, -0.2) is 0 Å². The van der Waals surface area contributed by atoms with Crippen molar-refractivity contribution in [2.75, 3.05) is 0 Å². The normalized spacial score (nSPS) is 11.0. The summed E-state index contributed by atoms with van der Waals surface area (Å²) in [4.78, 5) is 0. The molecule has 0 radical (unpaired) electrons. The van der Waals surface area contributed by atoms with E-state index in [1.165, 1.54) is 32.5 Å². The second-order valence-corrected chi connectivity index (χ2v) is 10.8. The fourth-order valence-electron chi connectivity index (χ4n) is 1.63. The van der Waals surface area contributed by atoms with Crippen LogP contribution in [0.15, 0.2) is 24.3 Å². The summed E-state index contributed by atoms with van der Waals surface area (Å²) in [5, 5.41) is 0. The van der Waals surface area contributed by atoms with Gasteiger partial charge in [0.25, 0.3) is 0 Å². The lowest BCUT2D eigenvalue weighted by atomic mass is 10.2. The first-order chi connectivity index (χ1) is 9.91. The highest BCUT2D eigenvalue weighted by molar-refractivity contribution is 14.1. The molecule has 0 amide bonds. The van der Waals surface area contributed by atoms with E-state index < -0.39 is 0 Å². The van der Waals surface area contributed by atoms with Gasteiger partial charge < -0.3 is 4.74 Å². The first kappa shape index (κ1) is 20.1. The fourth-order valence-corrected chi connectivity index (χ4v) is 5.86. The molecule has 0 aliphatic rings. The molecule has 0 bridgehead atoms. The first-order valence-corrected chi connectivity index (χ1v) is 12.2. The van der Waals surface area contributed by atoms with E-state index in [2.05, 4.69) is 160 Å². The summed E-state index contributed by atoms with van der Waals surface area (Å²) in [6.45, 7) is 1.31. The van der Waals surface area contributed by atoms with Crippen molar-refractivity contribution in [2.24, 2.45) is 0 Å². The van der Waals surface area contributed by atoms with Crippen molar-refractivity contribution < 1.29 is 4.74 Å². The Hall–Kier alpha value is 2.78. The molecule has 0 unspecified atom stereocenters. The van der Waals surface area contributed by atoms with Crippen LogP contribution in [0.25, 0.3) is 0 Å². The Balaban J connectivity index is 2.06. The molecule has 0 N–H and O–H groups in total. The molecule has 0 heterocycles. The zero-order valence-corrected chi connectivity index (χ0v) is 23.3. The Morgan fingerprint density at radius 1 is 0.571 bits per heavy atom. The van der Waals surface area contributed by atoms with Gasteiger partial charge in [-0.15, -0.1) is 0 Å². The third-order valence-corrected chi connectivity index (χ3v) is 13.4. The van der Waals surface area contributed by atoms with Gasteiger partial charge in [0.2, 0.25) is 0 Å². The quantitative estimate of drug-likeness (QED) is 0.237. The van der Waals surface area contributed by atoms with Crippen LogP contribution in [0.4, 0.5) is 0 Å². The van der Waals surface area contributed by atoms with E-state index in [9.17, 15) is 0 Å².